The monoisotopic (exact) mass is 408 g/mol. The van der Waals surface area contributed by atoms with Gasteiger partial charge in [-0.25, -0.2) is 4.98 Å². The minimum absolute atomic E-state index is 0.00434. The summed E-state index contributed by atoms with van der Waals surface area (Å²) in [5.74, 6) is 1.37. The molecule has 8 heteroatoms. The molecule has 0 saturated carbocycles. The number of ether oxygens (including phenoxy) is 1. The normalized spacial score (nSPS) is 18.9. The van der Waals surface area contributed by atoms with E-state index in [0.717, 1.165) is 22.8 Å². The lowest BCUT2D eigenvalue weighted by atomic mass is 10.1. The number of aromatic amines is 1. The maximum Gasteiger partial charge on any atom is 0.245 e. The van der Waals surface area contributed by atoms with Crippen LogP contribution in [0.1, 0.15) is 46.6 Å². The fraction of sp³-hybridized carbons (Fsp3) is 0.455. The summed E-state index contributed by atoms with van der Waals surface area (Å²) in [6.07, 6.45) is 0.602. The molecule has 3 aromatic rings. The summed E-state index contributed by atoms with van der Waals surface area (Å²) in [4.78, 5) is 19.5. The van der Waals surface area contributed by atoms with Gasteiger partial charge in [0, 0.05) is 18.7 Å². The molecule has 158 valence electrons. The molecule has 1 fully saturated rings. The second-order valence-electron chi connectivity index (χ2n) is 8.08. The Morgan fingerprint density at radius 1 is 1.23 bits per heavy atom. The zero-order valence-corrected chi connectivity index (χ0v) is 17.9. The first-order valence-electron chi connectivity index (χ1n) is 10.3. The lowest BCUT2D eigenvalue weighted by Gasteiger charge is -2.22. The van der Waals surface area contributed by atoms with E-state index in [1.807, 2.05) is 37.8 Å². The van der Waals surface area contributed by atoms with Crippen molar-refractivity contribution in [2.45, 2.75) is 59.4 Å². The molecule has 0 radical (unpaired) electrons. The number of nitrogens with one attached hydrogen (secondary N) is 1. The number of aryl methyl sites for hydroxylation is 4. The van der Waals surface area contributed by atoms with Crippen LogP contribution in [0.15, 0.2) is 30.3 Å². The number of H-pyrrole nitrogens is 1. The Morgan fingerprint density at radius 2 is 2.07 bits per heavy atom. The molecule has 30 heavy (non-hydrogen) atoms. The summed E-state index contributed by atoms with van der Waals surface area (Å²) in [6.45, 7) is 9.05. The van der Waals surface area contributed by atoms with Crippen molar-refractivity contribution in [2.75, 3.05) is 6.54 Å². The lowest BCUT2D eigenvalue weighted by molar-refractivity contribution is -0.133. The van der Waals surface area contributed by atoms with Crippen molar-refractivity contribution in [3.05, 3.63) is 64.5 Å². The minimum Gasteiger partial charge on any atom is -0.372 e. The highest BCUT2D eigenvalue weighted by molar-refractivity contribution is 5.77. The van der Waals surface area contributed by atoms with Crippen molar-refractivity contribution in [1.82, 2.24) is 29.9 Å². The molecular weight excluding hydrogens is 380 g/mol. The smallest absolute Gasteiger partial charge is 0.245 e. The number of aromatic nitrogens is 5. The molecule has 4 rings (SSSR count). The molecule has 1 aromatic carbocycles. The van der Waals surface area contributed by atoms with E-state index in [1.165, 1.54) is 5.56 Å². The number of likely N-dealkylation sites (tertiary alicyclic amines) is 1. The van der Waals surface area contributed by atoms with Crippen LogP contribution < -0.4 is 0 Å². The molecule has 0 bridgehead atoms. The number of carbonyl (C=O) groups excluding carboxylic acids is 1. The fourth-order valence-corrected chi connectivity index (χ4v) is 4.02. The third kappa shape index (κ3) is 4.43. The number of carbonyl (C=O) groups is 1. The van der Waals surface area contributed by atoms with Crippen LogP contribution in [-0.2, 0) is 22.7 Å². The van der Waals surface area contributed by atoms with E-state index >= 15 is 0 Å². The first-order valence-corrected chi connectivity index (χ1v) is 10.3. The highest BCUT2D eigenvalue weighted by atomic mass is 16.5. The molecule has 1 aliphatic heterocycles. The summed E-state index contributed by atoms with van der Waals surface area (Å²) in [7, 11) is 0. The van der Waals surface area contributed by atoms with E-state index in [1.54, 1.807) is 4.68 Å². The van der Waals surface area contributed by atoms with Crippen LogP contribution in [0.2, 0.25) is 0 Å². The van der Waals surface area contributed by atoms with Gasteiger partial charge in [-0.3, -0.25) is 14.6 Å². The molecule has 1 saturated heterocycles. The summed E-state index contributed by atoms with van der Waals surface area (Å²) in [6, 6.07) is 10.1. The van der Waals surface area contributed by atoms with Crippen molar-refractivity contribution in [3.63, 3.8) is 0 Å². The molecule has 2 atom stereocenters. The molecule has 2 aromatic heterocycles. The number of hydrogen-bond donors (Lipinski definition) is 1. The van der Waals surface area contributed by atoms with Crippen LogP contribution in [-0.4, -0.2) is 48.4 Å². The van der Waals surface area contributed by atoms with Crippen molar-refractivity contribution in [3.8, 4) is 0 Å². The summed E-state index contributed by atoms with van der Waals surface area (Å²) in [5, 5.41) is 11.6. The predicted molar refractivity (Wildman–Crippen MR) is 112 cm³/mol. The Labute approximate surface area is 176 Å². The highest BCUT2D eigenvalue weighted by Crippen LogP contribution is 2.32. The van der Waals surface area contributed by atoms with Gasteiger partial charge in [0.15, 0.2) is 5.82 Å². The maximum atomic E-state index is 13.2. The molecule has 0 spiro atoms. The number of nitrogens with zero attached hydrogens (tertiary/aromatic N) is 5. The Bertz CT molecular complexity index is 1040. The van der Waals surface area contributed by atoms with Gasteiger partial charge >= 0.3 is 0 Å². The van der Waals surface area contributed by atoms with Crippen molar-refractivity contribution in [1.29, 1.82) is 0 Å². The topological polar surface area (TPSA) is 88.9 Å². The van der Waals surface area contributed by atoms with E-state index in [2.05, 4.69) is 45.4 Å². The first kappa shape index (κ1) is 20.3. The quantitative estimate of drug-likeness (QED) is 0.677. The van der Waals surface area contributed by atoms with Gasteiger partial charge < -0.3 is 9.64 Å². The largest absolute Gasteiger partial charge is 0.372 e. The molecule has 1 N–H and O–H groups in total. The standard InChI is InChI=1S/C22H28N6O2/c1-14-6-5-7-18(8-14)13-30-19-10-20(22-23-17(4)24-25-22)27(11-19)21(29)12-28-16(3)9-15(2)26-28/h5-9,19-20H,10-13H2,1-4H3,(H,23,24,25)/t19-,20-/m0/s1. The van der Waals surface area contributed by atoms with E-state index in [4.69, 9.17) is 4.74 Å². The summed E-state index contributed by atoms with van der Waals surface area (Å²) in [5.41, 5.74) is 4.21. The Balaban J connectivity index is 1.49. The van der Waals surface area contributed by atoms with Crippen LogP contribution in [0.3, 0.4) is 0 Å². The second-order valence-corrected chi connectivity index (χ2v) is 8.08. The molecule has 0 unspecified atom stereocenters. The van der Waals surface area contributed by atoms with Crippen LogP contribution in [0.4, 0.5) is 0 Å². The average Bonchev–Trinajstić information content (AvgIpc) is 3.39. The number of rotatable bonds is 6. The predicted octanol–water partition coefficient (Wildman–Crippen LogP) is 2.79. The van der Waals surface area contributed by atoms with Gasteiger partial charge in [0.05, 0.1) is 24.4 Å². The van der Waals surface area contributed by atoms with Crippen LogP contribution in [0.25, 0.3) is 0 Å². The Hall–Kier alpha value is -3.00. The first-order chi connectivity index (χ1) is 14.4. The third-order valence-corrected chi connectivity index (χ3v) is 5.45. The SMILES string of the molecule is Cc1cccc(CO[C@H]2C[C@@H](c3n[nH]c(C)n3)N(C(=O)Cn3nc(C)cc3C)C2)c1. The van der Waals surface area contributed by atoms with E-state index < -0.39 is 0 Å². The summed E-state index contributed by atoms with van der Waals surface area (Å²) < 4.78 is 7.93. The summed E-state index contributed by atoms with van der Waals surface area (Å²) >= 11 is 0. The van der Waals surface area contributed by atoms with Gasteiger partial charge in [-0.1, -0.05) is 29.8 Å². The zero-order valence-electron chi connectivity index (χ0n) is 17.9. The molecule has 1 amide bonds. The minimum atomic E-state index is -0.207. The average molecular weight is 409 g/mol. The zero-order chi connectivity index (χ0) is 21.3. The fourth-order valence-electron chi connectivity index (χ4n) is 4.02. The Kier molecular flexibility index (Phi) is 5.67. The molecule has 8 nitrogen and oxygen atoms in total. The van der Waals surface area contributed by atoms with E-state index in [-0.39, 0.29) is 24.6 Å². The van der Waals surface area contributed by atoms with Crippen molar-refractivity contribution in [2.24, 2.45) is 0 Å². The van der Waals surface area contributed by atoms with E-state index in [0.29, 0.717) is 25.4 Å². The van der Waals surface area contributed by atoms with Gasteiger partial charge in [0.1, 0.15) is 12.4 Å². The van der Waals surface area contributed by atoms with Gasteiger partial charge in [0.2, 0.25) is 5.91 Å². The van der Waals surface area contributed by atoms with Gasteiger partial charge in [-0.05, 0) is 39.3 Å². The van der Waals surface area contributed by atoms with Crippen molar-refractivity contribution < 1.29 is 9.53 Å². The Morgan fingerprint density at radius 3 is 2.73 bits per heavy atom. The van der Waals surface area contributed by atoms with Gasteiger partial charge in [0.25, 0.3) is 0 Å². The molecule has 3 heterocycles. The van der Waals surface area contributed by atoms with Crippen LogP contribution in [0, 0.1) is 27.7 Å². The third-order valence-electron chi connectivity index (χ3n) is 5.45. The number of hydrogen-bond acceptors (Lipinski definition) is 5. The van der Waals surface area contributed by atoms with E-state index in [9.17, 15) is 4.79 Å². The van der Waals surface area contributed by atoms with Crippen LogP contribution in [0.5, 0.6) is 0 Å². The van der Waals surface area contributed by atoms with Gasteiger partial charge in [-0.2, -0.15) is 10.2 Å². The van der Waals surface area contributed by atoms with Crippen LogP contribution >= 0.6 is 0 Å². The molecule has 1 aliphatic rings. The number of amides is 1. The highest BCUT2D eigenvalue weighted by Gasteiger charge is 2.39. The lowest BCUT2D eigenvalue weighted by Crippen LogP contribution is -2.35. The second kappa shape index (κ2) is 8.39. The molecule has 0 aliphatic carbocycles. The number of benzene rings is 1. The van der Waals surface area contributed by atoms with Crippen molar-refractivity contribution >= 4 is 5.91 Å². The van der Waals surface area contributed by atoms with Gasteiger partial charge in [-0.15, -0.1) is 0 Å². The maximum absolute atomic E-state index is 13.2. The molecular formula is C22H28N6O2.